The number of anilines is 1. The number of nitrogens with one attached hydrogen (secondary N) is 1. The number of hydrogen-bond acceptors (Lipinski definition) is 4. The average Bonchev–Trinajstić information content (AvgIpc) is 3.06. The summed E-state index contributed by atoms with van der Waals surface area (Å²) in [5.41, 5.74) is 3.76. The summed E-state index contributed by atoms with van der Waals surface area (Å²) >= 11 is 6.31. The molecular weight excluding hydrogens is 334 g/mol. The van der Waals surface area contributed by atoms with E-state index < -0.39 is 0 Å². The van der Waals surface area contributed by atoms with Crippen LogP contribution in [0.15, 0.2) is 30.5 Å². The van der Waals surface area contributed by atoms with E-state index in [1.54, 1.807) is 0 Å². The standard InChI is InChI=1S/C19H20ClN5/c1-12-10-19(12)6-8-25(9-7-19)15-11-21-17-16(23-24-18(17)22-15)13-4-2-3-5-14(13)20/h2-5,11-12H,6-10H2,1H3,(H,22,23,24)/t12-/m0/s1. The van der Waals surface area contributed by atoms with Crippen LogP contribution in [-0.2, 0) is 0 Å². The normalized spacial score (nSPS) is 21.8. The Labute approximate surface area is 151 Å². The first-order valence-electron chi connectivity index (χ1n) is 8.87. The number of fused-ring (bicyclic) bond motifs is 1. The molecule has 0 unspecified atom stereocenters. The minimum absolute atomic E-state index is 0.623. The number of H-pyrrole nitrogens is 1. The average molecular weight is 354 g/mol. The van der Waals surface area contributed by atoms with Gasteiger partial charge < -0.3 is 4.90 Å². The summed E-state index contributed by atoms with van der Waals surface area (Å²) in [6, 6.07) is 7.70. The molecule has 2 aromatic heterocycles. The SMILES string of the molecule is C[C@H]1CC12CCN(c1cnc3c(-c4ccccc4Cl)[nH]nc3n1)CC2. The first kappa shape index (κ1) is 15.1. The Morgan fingerprint density at radius 2 is 2.00 bits per heavy atom. The summed E-state index contributed by atoms with van der Waals surface area (Å²) < 4.78 is 0. The molecule has 5 rings (SSSR count). The molecule has 1 saturated heterocycles. The van der Waals surface area contributed by atoms with Crippen molar-refractivity contribution < 1.29 is 0 Å². The van der Waals surface area contributed by atoms with Gasteiger partial charge in [-0.2, -0.15) is 5.10 Å². The first-order valence-corrected chi connectivity index (χ1v) is 9.25. The molecule has 6 heteroatoms. The van der Waals surface area contributed by atoms with Crippen molar-refractivity contribution in [1.29, 1.82) is 0 Å². The molecule has 1 saturated carbocycles. The van der Waals surface area contributed by atoms with Crippen LogP contribution in [0.25, 0.3) is 22.4 Å². The van der Waals surface area contributed by atoms with E-state index in [0.717, 1.165) is 41.6 Å². The highest BCUT2D eigenvalue weighted by Gasteiger charge is 2.51. The van der Waals surface area contributed by atoms with E-state index >= 15 is 0 Å². The molecule has 25 heavy (non-hydrogen) atoms. The molecule has 0 radical (unpaired) electrons. The summed E-state index contributed by atoms with van der Waals surface area (Å²) in [4.78, 5) is 11.7. The smallest absolute Gasteiger partial charge is 0.202 e. The van der Waals surface area contributed by atoms with E-state index in [4.69, 9.17) is 16.6 Å². The maximum atomic E-state index is 6.31. The molecule has 3 heterocycles. The lowest BCUT2D eigenvalue weighted by Crippen LogP contribution is -2.35. The number of aromatic amines is 1. The molecule has 0 amide bonds. The van der Waals surface area contributed by atoms with Crippen molar-refractivity contribution in [3.63, 3.8) is 0 Å². The molecule has 1 aliphatic heterocycles. The summed E-state index contributed by atoms with van der Waals surface area (Å²) in [5, 5.41) is 8.09. The number of nitrogens with zero attached hydrogens (tertiary/aromatic N) is 4. The molecule has 1 atom stereocenters. The molecule has 0 bridgehead atoms. The van der Waals surface area contributed by atoms with Crippen LogP contribution in [0, 0.1) is 11.3 Å². The minimum atomic E-state index is 0.623. The topological polar surface area (TPSA) is 57.7 Å². The lowest BCUT2D eigenvalue weighted by atomic mass is 9.91. The second-order valence-corrected chi connectivity index (χ2v) is 7.84. The predicted octanol–water partition coefficient (Wildman–Crippen LogP) is 4.30. The van der Waals surface area contributed by atoms with Gasteiger partial charge in [-0.15, -0.1) is 0 Å². The van der Waals surface area contributed by atoms with Gasteiger partial charge in [0.15, 0.2) is 0 Å². The lowest BCUT2D eigenvalue weighted by molar-refractivity contribution is 0.355. The Morgan fingerprint density at radius 1 is 1.24 bits per heavy atom. The van der Waals surface area contributed by atoms with Crippen LogP contribution in [-0.4, -0.2) is 33.3 Å². The first-order chi connectivity index (χ1) is 12.2. The van der Waals surface area contributed by atoms with Crippen LogP contribution in [0.3, 0.4) is 0 Å². The number of halogens is 1. The van der Waals surface area contributed by atoms with Crippen LogP contribution < -0.4 is 4.90 Å². The van der Waals surface area contributed by atoms with Crippen molar-refractivity contribution in [2.24, 2.45) is 11.3 Å². The zero-order valence-electron chi connectivity index (χ0n) is 14.2. The Bertz CT molecular complexity index is 942. The highest BCUT2D eigenvalue weighted by atomic mass is 35.5. The summed E-state index contributed by atoms with van der Waals surface area (Å²) in [7, 11) is 0. The maximum absolute atomic E-state index is 6.31. The van der Waals surface area contributed by atoms with Crippen LogP contribution >= 0.6 is 11.6 Å². The van der Waals surface area contributed by atoms with Crippen LogP contribution in [0.5, 0.6) is 0 Å². The molecular formula is C19H20ClN5. The zero-order chi connectivity index (χ0) is 17.0. The quantitative estimate of drug-likeness (QED) is 0.746. The summed E-state index contributed by atoms with van der Waals surface area (Å²) in [6.07, 6.45) is 5.79. The van der Waals surface area contributed by atoms with Crippen LogP contribution in [0.1, 0.15) is 26.2 Å². The molecule has 1 spiro atoms. The van der Waals surface area contributed by atoms with E-state index in [9.17, 15) is 0 Å². The zero-order valence-corrected chi connectivity index (χ0v) is 14.9. The predicted molar refractivity (Wildman–Crippen MR) is 99.8 cm³/mol. The molecule has 2 fully saturated rings. The van der Waals surface area contributed by atoms with Gasteiger partial charge in [0.2, 0.25) is 5.65 Å². The maximum Gasteiger partial charge on any atom is 0.202 e. The second kappa shape index (κ2) is 5.43. The number of benzene rings is 1. The van der Waals surface area contributed by atoms with Crippen molar-refractivity contribution in [3.8, 4) is 11.3 Å². The molecule has 5 nitrogen and oxygen atoms in total. The third-order valence-corrected chi connectivity index (χ3v) is 6.41. The molecule has 3 aromatic rings. The second-order valence-electron chi connectivity index (χ2n) is 7.43. The van der Waals surface area contributed by atoms with Crippen molar-refractivity contribution >= 4 is 28.6 Å². The Kier molecular flexibility index (Phi) is 3.29. The van der Waals surface area contributed by atoms with Gasteiger partial charge in [0.25, 0.3) is 0 Å². The lowest BCUT2D eigenvalue weighted by Gasteiger charge is -2.33. The van der Waals surface area contributed by atoms with Crippen LogP contribution in [0.2, 0.25) is 5.02 Å². The van der Waals surface area contributed by atoms with Gasteiger partial charge in [0, 0.05) is 18.7 Å². The van der Waals surface area contributed by atoms with E-state index in [2.05, 4.69) is 27.0 Å². The summed E-state index contributed by atoms with van der Waals surface area (Å²) in [5.74, 6) is 1.82. The third kappa shape index (κ3) is 2.41. The molecule has 1 N–H and O–H groups in total. The number of aromatic nitrogens is 4. The van der Waals surface area contributed by atoms with E-state index in [1.165, 1.54) is 19.3 Å². The van der Waals surface area contributed by atoms with Crippen LogP contribution in [0.4, 0.5) is 5.82 Å². The van der Waals surface area contributed by atoms with Crippen molar-refractivity contribution in [2.75, 3.05) is 18.0 Å². The fourth-order valence-electron chi connectivity index (χ4n) is 4.22. The Balaban J connectivity index is 1.45. The van der Waals surface area contributed by atoms with Crippen molar-refractivity contribution in [3.05, 3.63) is 35.5 Å². The molecule has 1 aromatic carbocycles. The fraction of sp³-hybridized carbons (Fsp3) is 0.421. The van der Waals surface area contributed by atoms with Gasteiger partial charge in [-0.3, -0.25) is 5.10 Å². The van der Waals surface area contributed by atoms with E-state index in [1.807, 2.05) is 30.5 Å². The van der Waals surface area contributed by atoms with Crippen molar-refractivity contribution in [2.45, 2.75) is 26.2 Å². The number of hydrogen-bond donors (Lipinski definition) is 1. The Morgan fingerprint density at radius 3 is 2.72 bits per heavy atom. The van der Waals surface area contributed by atoms with E-state index in [0.29, 0.717) is 16.1 Å². The van der Waals surface area contributed by atoms with Gasteiger partial charge in [0.1, 0.15) is 11.3 Å². The third-order valence-electron chi connectivity index (χ3n) is 6.08. The monoisotopic (exact) mass is 353 g/mol. The summed E-state index contributed by atoms with van der Waals surface area (Å²) in [6.45, 7) is 4.50. The molecule has 2 aliphatic rings. The van der Waals surface area contributed by atoms with Gasteiger partial charge >= 0.3 is 0 Å². The fourth-order valence-corrected chi connectivity index (χ4v) is 4.45. The van der Waals surface area contributed by atoms with Gasteiger partial charge in [-0.05, 0) is 36.7 Å². The van der Waals surface area contributed by atoms with Gasteiger partial charge in [-0.1, -0.05) is 36.7 Å². The Hall–Kier alpha value is -2.14. The van der Waals surface area contributed by atoms with Gasteiger partial charge in [-0.25, -0.2) is 9.97 Å². The minimum Gasteiger partial charge on any atom is -0.355 e. The van der Waals surface area contributed by atoms with Crippen molar-refractivity contribution in [1.82, 2.24) is 20.2 Å². The number of piperidine rings is 1. The highest BCUT2D eigenvalue weighted by molar-refractivity contribution is 6.33. The molecule has 1 aliphatic carbocycles. The number of rotatable bonds is 2. The largest absolute Gasteiger partial charge is 0.355 e. The molecule has 128 valence electrons. The van der Waals surface area contributed by atoms with Gasteiger partial charge in [0.05, 0.1) is 16.9 Å². The highest BCUT2D eigenvalue weighted by Crippen LogP contribution is 2.59. The van der Waals surface area contributed by atoms with E-state index in [-0.39, 0.29) is 0 Å².